The van der Waals surface area contributed by atoms with Crippen LogP contribution in [0.25, 0.3) is 0 Å². The van der Waals surface area contributed by atoms with E-state index in [2.05, 4.69) is 22.3 Å². The Kier molecular flexibility index (Phi) is 7.86. The number of benzene rings is 2. The Morgan fingerprint density at radius 3 is 2.69 bits per heavy atom. The summed E-state index contributed by atoms with van der Waals surface area (Å²) in [4.78, 5) is 2.38. The van der Waals surface area contributed by atoms with Gasteiger partial charge in [-0.15, -0.1) is 0 Å². The summed E-state index contributed by atoms with van der Waals surface area (Å²) in [5.41, 5.74) is 1.96. The molecule has 29 heavy (non-hydrogen) atoms. The molecule has 2 aromatic carbocycles. The van der Waals surface area contributed by atoms with E-state index in [1.54, 1.807) is 6.08 Å². The van der Waals surface area contributed by atoms with Crippen LogP contribution in [0.4, 0.5) is 0 Å². The molecule has 6 heteroatoms. The maximum absolute atomic E-state index is 12.4. The van der Waals surface area contributed by atoms with Gasteiger partial charge in [0, 0.05) is 25.2 Å². The van der Waals surface area contributed by atoms with Crippen LogP contribution in [-0.4, -0.2) is 39.6 Å². The molecule has 1 N–H and O–H groups in total. The Balaban J connectivity index is 1.52. The van der Waals surface area contributed by atoms with E-state index in [1.807, 2.05) is 48.5 Å². The predicted octanol–water partition coefficient (Wildman–Crippen LogP) is 3.58. The monoisotopic (exact) mass is 414 g/mol. The molecule has 0 aromatic heterocycles. The number of nitrogens with zero attached hydrogens (tertiary/aromatic N) is 1. The van der Waals surface area contributed by atoms with Gasteiger partial charge in [-0.2, -0.15) is 0 Å². The van der Waals surface area contributed by atoms with Crippen molar-refractivity contribution in [3.8, 4) is 5.75 Å². The fourth-order valence-corrected chi connectivity index (χ4v) is 4.94. The van der Waals surface area contributed by atoms with Gasteiger partial charge in [0.25, 0.3) is 0 Å². The Morgan fingerprint density at radius 1 is 1.14 bits per heavy atom. The van der Waals surface area contributed by atoms with E-state index in [4.69, 9.17) is 4.74 Å². The summed E-state index contributed by atoms with van der Waals surface area (Å²) >= 11 is 0. The van der Waals surface area contributed by atoms with Crippen molar-refractivity contribution in [2.45, 2.75) is 25.1 Å². The summed E-state index contributed by atoms with van der Waals surface area (Å²) in [6, 6.07) is 17.4. The van der Waals surface area contributed by atoms with E-state index in [9.17, 15) is 8.42 Å². The zero-order valence-corrected chi connectivity index (χ0v) is 17.6. The fourth-order valence-electron chi connectivity index (χ4n) is 3.72. The molecule has 1 heterocycles. The van der Waals surface area contributed by atoms with Crippen molar-refractivity contribution in [2.24, 2.45) is 5.92 Å². The largest absolute Gasteiger partial charge is 0.489 e. The van der Waals surface area contributed by atoms with Crippen LogP contribution in [0.3, 0.4) is 0 Å². The van der Waals surface area contributed by atoms with Crippen molar-refractivity contribution in [1.82, 2.24) is 9.62 Å². The molecule has 0 bridgehead atoms. The van der Waals surface area contributed by atoms with Crippen LogP contribution in [0.5, 0.6) is 5.75 Å². The third-order valence-electron chi connectivity index (χ3n) is 5.12. The lowest BCUT2D eigenvalue weighted by Gasteiger charge is -2.33. The van der Waals surface area contributed by atoms with E-state index in [-0.39, 0.29) is 5.75 Å². The van der Waals surface area contributed by atoms with Gasteiger partial charge in [-0.25, -0.2) is 13.1 Å². The summed E-state index contributed by atoms with van der Waals surface area (Å²) in [6.07, 6.45) is 3.86. The van der Waals surface area contributed by atoms with Gasteiger partial charge in [-0.05, 0) is 36.9 Å². The minimum atomic E-state index is -3.33. The van der Waals surface area contributed by atoms with Crippen molar-refractivity contribution in [2.75, 3.05) is 26.2 Å². The molecule has 156 valence electrons. The van der Waals surface area contributed by atoms with E-state index in [1.165, 1.54) is 0 Å². The third-order valence-corrected chi connectivity index (χ3v) is 6.44. The Labute approximate surface area is 174 Å². The number of para-hydroxylation sites is 1. The van der Waals surface area contributed by atoms with E-state index in [0.29, 0.717) is 19.1 Å². The lowest BCUT2D eigenvalue weighted by atomic mass is 9.98. The van der Waals surface area contributed by atoms with E-state index < -0.39 is 10.0 Å². The highest BCUT2D eigenvalue weighted by atomic mass is 32.2. The van der Waals surface area contributed by atoms with Gasteiger partial charge in [0.05, 0.1) is 5.75 Å². The Bertz CT molecular complexity index is 884. The standard InChI is InChI=1S/C23H30N2O3S/c1-2-15-28-23-13-7-6-12-22(23)18-25-14-8-11-21(17-25)16-24-29(26,27)19-20-9-4-3-5-10-20/h2-7,9-10,12-13,21,24H,1,8,11,14-19H2. The Morgan fingerprint density at radius 2 is 1.90 bits per heavy atom. The topological polar surface area (TPSA) is 58.6 Å². The molecule has 2 aromatic rings. The van der Waals surface area contributed by atoms with Crippen LogP contribution in [0.2, 0.25) is 0 Å². The molecular formula is C23H30N2O3S. The number of likely N-dealkylation sites (tertiary alicyclic amines) is 1. The lowest BCUT2D eigenvalue weighted by molar-refractivity contribution is 0.167. The molecule has 5 nitrogen and oxygen atoms in total. The molecule has 0 aliphatic carbocycles. The summed E-state index contributed by atoms with van der Waals surface area (Å²) < 4.78 is 33.4. The van der Waals surface area contributed by atoms with Crippen molar-refractivity contribution in [3.63, 3.8) is 0 Å². The van der Waals surface area contributed by atoms with Crippen LogP contribution in [0.15, 0.2) is 67.3 Å². The highest BCUT2D eigenvalue weighted by Crippen LogP contribution is 2.23. The molecule has 0 spiro atoms. The molecule has 1 unspecified atom stereocenters. The van der Waals surface area contributed by atoms with Crippen molar-refractivity contribution in [1.29, 1.82) is 0 Å². The molecule has 1 saturated heterocycles. The van der Waals surface area contributed by atoms with E-state index in [0.717, 1.165) is 49.4 Å². The van der Waals surface area contributed by atoms with Crippen LogP contribution < -0.4 is 9.46 Å². The first-order valence-corrected chi connectivity index (χ1v) is 11.8. The zero-order chi connectivity index (χ0) is 20.5. The van der Waals surface area contributed by atoms with Gasteiger partial charge >= 0.3 is 0 Å². The quantitative estimate of drug-likeness (QED) is 0.604. The number of rotatable bonds is 10. The van der Waals surface area contributed by atoms with Crippen LogP contribution in [0, 0.1) is 5.92 Å². The van der Waals surface area contributed by atoms with Crippen molar-refractivity contribution >= 4 is 10.0 Å². The zero-order valence-electron chi connectivity index (χ0n) is 16.8. The number of ether oxygens (including phenoxy) is 1. The maximum atomic E-state index is 12.4. The molecule has 3 rings (SSSR count). The molecule has 1 fully saturated rings. The second kappa shape index (κ2) is 10.6. The lowest BCUT2D eigenvalue weighted by Crippen LogP contribution is -2.40. The van der Waals surface area contributed by atoms with Crippen molar-refractivity contribution in [3.05, 3.63) is 78.4 Å². The number of nitrogens with one attached hydrogen (secondary N) is 1. The second-order valence-corrected chi connectivity index (χ2v) is 9.35. The molecule has 1 atom stereocenters. The summed E-state index contributed by atoms with van der Waals surface area (Å²) in [5.74, 6) is 1.23. The van der Waals surface area contributed by atoms with Crippen LogP contribution in [0.1, 0.15) is 24.0 Å². The normalized spacial score (nSPS) is 17.7. The molecule has 0 saturated carbocycles. The third kappa shape index (κ3) is 6.99. The minimum absolute atomic E-state index is 0.0261. The first kappa shape index (κ1) is 21.6. The average Bonchev–Trinajstić information content (AvgIpc) is 2.72. The van der Waals surface area contributed by atoms with Crippen LogP contribution >= 0.6 is 0 Å². The first-order chi connectivity index (χ1) is 14.1. The van der Waals surface area contributed by atoms with Gasteiger partial charge in [-0.3, -0.25) is 4.90 Å². The van der Waals surface area contributed by atoms with Crippen molar-refractivity contribution < 1.29 is 13.2 Å². The highest BCUT2D eigenvalue weighted by molar-refractivity contribution is 7.88. The second-order valence-electron chi connectivity index (χ2n) is 7.54. The van der Waals surface area contributed by atoms with Gasteiger partial charge in [-0.1, -0.05) is 61.2 Å². The molecule has 1 aliphatic rings. The number of piperidine rings is 1. The molecular weight excluding hydrogens is 384 g/mol. The molecule has 0 amide bonds. The van der Waals surface area contributed by atoms with Gasteiger partial charge in [0.1, 0.15) is 12.4 Å². The molecule has 0 radical (unpaired) electrons. The Hall–Kier alpha value is -2.15. The number of hydrogen-bond acceptors (Lipinski definition) is 4. The summed E-state index contributed by atoms with van der Waals surface area (Å²) in [6.45, 7) is 7.38. The maximum Gasteiger partial charge on any atom is 0.215 e. The van der Waals surface area contributed by atoms with Gasteiger partial charge < -0.3 is 4.74 Å². The fraction of sp³-hybridized carbons (Fsp3) is 0.391. The first-order valence-electron chi connectivity index (χ1n) is 10.1. The van der Waals surface area contributed by atoms with Gasteiger partial charge in [0.2, 0.25) is 10.0 Å². The predicted molar refractivity (Wildman–Crippen MR) is 117 cm³/mol. The molecule has 1 aliphatic heterocycles. The van der Waals surface area contributed by atoms with E-state index >= 15 is 0 Å². The highest BCUT2D eigenvalue weighted by Gasteiger charge is 2.22. The number of hydrogen-bond donors (Lipinski definition) is 1. The van der Waals surface area contributed by atoms with Crippen LogP contribution in [-0.2, 0) is 22.3 Å². The SMILES string of the molecule is C=CCOc1ccccc1CN1CCCC(CNS(=O)(=O)Cc2ccccc2)C1. The number of sulfonamides is 1. The average molecular weight is 415 g/mol. The minimum Gasteiger partial charge on any atom is -0.489 e. The van der Waals surface area contributed by atoms with Gasteiger partial charge in [0.15, 0.2) is 0 Å². The summed E-state index contributed by atoms with van der Waals surface area (Å²) in [5, 5.41) is 0. The summed E-state index contributed by atoms with van der Waals surface area (Å²) in [7, 11) is -3.33. The smallest absolute Gasteiger partial charge is 0.215 e.